The number of hydrogen-bond acceptors (Lipinski definition) is 3. The van der Waals surface area contributed by atoms with Gasteiger partial charge in [-0.3, -0.25) is 9.59 Å². The lowest BCUT2D eigenvalue weighted by molar-refractivity contribution is 0.0949. The first-order chi connectivity index (χ1) is 15.6. The second-order valence-corrected chi connectivity index (χ2v) is 7.51. The van der Waals surface area contributed by atoms with Gasteiger partial charge < -0.3 is 15.0 Å². The molecule has 1 amide bonds. The molecule has 1 aromatic heterocycles. The fourth-order valence-corrected chi connectivity index (χ4v) is 3.52. The molecule has 2 N–H and O–H groups in total. The van der Waals surface area contributed by atoms with Gasteiger partial charge in [-0.1, -0.05) is 53.8 Å². The fraction of sp³-hybridized carbons (Fsp3) is 0.0769. The third-order valence-corrected chi connectivity index (χ3v) is 5.21. The van der Waals surface area contributed by atoms with Crippen LogP contribution in [0.25, 0.3) is 16.6 Å². The molecule has 0 aliphatic heterocycles. The van der Waals surface area contributed by atoms with E-state index in [4.69, 9.17) is 16.7 Å². The lowest BCUT2D eigenvalue weighted by Gasteiger charge is -2.14. The van der Waals surface area contributed by atoms with Crippen LogP contribution in [0.4, 0.5) is 0 Å². The predicted molar refractivity (Wildman–Crippen MR) is 126 cm³/mol. The van der Waals surface area contributed by atoms with Crippen LogP contribution in [0.3, 0.4) is 0 Å². The molecule has 158 valence electrons. The van der Waals surface area contributed by atoms with Crippen LogP contribution >= 0.6 is 11.6 Å². The van der Waals surface area contributed by atoms with Crippen LogP contribution in [0.1, 0.15) is 21.5 Å². The molecule has 0 bridgehead atoms. The maximum absolute atomic E-state index is 13.2. The van der Waals surface area contributed by atoms with Crippen LogP contribution in [0.2, 0.25) is 5.02 Å². The molecule has 4 rings (SSSR count). The lowest BCUT2D eigenvalue weighted by Crippen LogP contribution is -2.29. The number of nitrogens with one attached hydrogen (secondary N) is 1. The third-order valence-electron chi connectivity index (χ3n) is 4.96. The standard InChI is InChI=1S/C26H19ClN2O3/c27-20-11-8-19(9-12-20)16-28-26(32)23-17-29(21-6-2-1-3-7-21)24-13-10-18(5-4-14-30)15-22(24)25(23)31/h1-3,6-13,15,17,30H,14,16H2,(H,28,32). The van der Waals surface area contributed by atoms with Crippen molar-refractivity contribution < 1.29 is 9.90 Å². The van der Waals surface area contributed by atoms with Gasteiger partial charge in [-0.15, -0.1) is 0 Å². The number of hydrogen-bond donors (Lipinski definition) is 2. The Morgan fingerprint density at radius 2 is 1.78 bits per heavy atom. The highest BCUT2D eigenvalue weighted by Crippen LogP contribution is 2.19. The smallest absolute Gasteiger partial charge is 0.257 e. The van der Waals surface area contributed by atoms with E-state index in [2.05, 4.69) is 17.2 Å². The molecule has 3 aromatic carbocycles. The van der Waals surface area contributed by atoms with Crippen molar-refractivity contribution in [3.05, 3.63) is 111 Å². The van der Waals surface area contributed by atoms with Gasteiger partial charge in [0.1, 0.15) is 12.2 Å². The number of amides is 1. The second kappa shape index (κ2) is 9.52. The van der Waals surface area contributed by atoms with Gasteiger partial charge in [0.2, 0.25) is 5.43 Å². The Kier molecular flexibility index (Phi) is 6.37. The molecule has 4 aromatic rings. The monoisotopic (exact) mass is 442 g/mol. The van der Waals surface area contributed by atoms with E-state index in [-0.39, 0.29) is 24.1 Å². The highest BCUT2D eigenvalue weighted by atomic mass is 35.5. The van der Waals surface area contributed by atoms with Crippen molar-refractivity contribution >= 4 is 28.4 Å². The molecule has 0 saturated heterocycles. The molecule has 1 heterocycles. The summed E-state index contributed by atoms with van der Waals surface area (Å²) in [4.78, 5) is 26.2. The van der Waals surface area contributed by atoms with Gasteiger partial charge >= 0.3 is 0 Å². The normalized spacial score (nSPS) is 10.4. The third kappa shape index (κ3) is 4.57. The summed E-state index contributed by atoms with van der Waals surface area (Å²) in [5.41, 5.74) is 2.58. The molecule has 0 aliphatic rings. The van der Waals surface area contributed by atoms with Gasteiger partial charge in [0, 0.05) is 34.4 Å². The van der Waals surface area contributed by atoms with Crippen molar-refractivity contribution in [2.45, 2.75) is 6.54 Å². The molecule has 0 saturated carbocycles. The first kappa shape index (κ1) is 21.4. The first-order valence-electron chi connectivity index (χ1n) is 9.94. The molecular formula is C26H19ClN2O3. The summed E-state index contributed by atoms with van der Waals surface area (Å²) in [5, 5.41) is 12.8. The Morgan fingerprint density at radius 3 is 2.50 bits per heavy atom. The number of para-hydroxylation sites is 1. The van der Waals surface area contributed by atoms with E-state index in [9.17, 15) is 9.59 Å². The van der Waals surface area contributed by atoms with E-state index in [1.54, 1.807) is 36.5 Å². The van der Waals surface area contributed by atoms with Crippen LogP contribution in [-0.2, 0) is 6.54 Å². The van der Waals surface area contributed by atoms with Crippen molar-refractivity contribution in [1.29, 1.82) is 0 Å². The minimum atomic E-state index is -0.469. The molecule has 0 atom stereocenters. The fourth-order valence-electron chi connectivity index (χ4n) is 3.39. The summed E-state index contributed by atoms with van der Waals surface area (Å²) in [5.74, 6) is 4.93. The van der Waals surface area contributed by atoms with Crippen LogP contribution in [0.15, 0.2) is 83.8 Å². The summed E-state index contributed by atoms with van der Waals surface area (Å²) in [7, 11) is 0. The number of aliphatic hydroxyl groups excluding tert-OH is 1. The molecule has 32 heavy (non-hydrogen) atoms. The maximum Gasteiger partial charge on any atom is 0.257 e. The molecule has 0 spiro atoms. The Morgan fingerprint density at radius 1 is 1.03 bits per heavy atom. The van der Waals surface area contributed by atoms with E-state index >= 15 is 0 Å². The minimum Gasteiger partial charge on any atom is -0.384 e. The van der Waals surface area contributed by atoms with Gasteiger partial charge in [-0.2, -0.15) is 0 Å². The van der Waals surface area contributed by atoms with Crippen LogP contribution in [0.5, 0.6) is 0 Å². The number of halogens is 1. The highest BCUT2D eigenvalue weighted by molar-refractivity contribution is 6.30. The van der Waals surface area contributed by atoms with Gasteiger partial charge in [0.05, 0.1) is 5.52 Å². The SMILES string of the molecule is O=C(NCc1ccc(Cl)cc1)c1cn(-c2ccccc2)c2ccc(C#CCO)cc2c1=O. The molecule has 0 unspecified atom stereocenters. The molecular weight excluding hydrogens is 424 g/mol. The zero-order valence-corrected chi connectivity index (χ0v) is 17.8. The number of carbonyl (C=O) groups excluding carboxylic acids is 1. The van der Waals surface area contributed by atoms with E-state index in [0.29, 0.717) is 21.5 Å². The number of nitrogens with zero attached hydrogens (tertiary/aromatic N) is 1. The van der Waals surface area contributed by atoms with E-state index in [1.165, 1.54) is 0 Å². The number of carbonyl (C=O) groups is 1. The topological polar surface area (TPSA) is 71.3 Å². The minimum absolute atomic E-state index is 0.0302. The van der Waals surface area contributed by atoms with Crippen molar-refractivity contribution in [1.82, 2.24) is 9.88 Å². The maximum atomic E-state index is 13.2. The number of aliphatic hydroxyl groups is 1. The second-order valence-electron chi connectivity index (χ2n) is 7.08. The Bertz CT molecular complexity index is 1400. The van der Waals surface area contributed by atoms with Gasteiger partial charge in [-0.05, 0) is 48.0 Å². The quantitative estimate of drug-likeness (QED) is 0.470. The van der Waals surface area contributed by atoms with Crippen molar-refractivity contribution in [2.24, 2.45) is 0 Å². The predicted octanol–water partition coefficient (Wildman–Crippen LogP) is 3.92. The Balaban J connectivity index is 1.80. The average molecular weight is 443 g/mol. The number of aromatic nitrogens is 1. The molecule has 6 heteroatoms. The van der Waals surface area contributed by atoms with Crippen molar-refractivity contribution in [3.63, 3.8) is 0 Å². The van der Waals surface area contributed by atoms with E-state index in [1.807, 2.05) is 47.0 Å². The number of benzene rings is 3. The Hall–Kier alpha value is -3.85. The van der Waals surface area contributed by atoms with Gasteiger partial charge in [0.25, 0.3) is 5.91 Å². The lowest BCUT2D eigenvalue weighted by atomic mass is 10.1. The number of fused-ring (bicyclic) bond motifs is 1. The zero-order valence-electron chi connectivity index (χ0n) is 17.0. The summed E-state index contributed by atoms with van der Waals surface area (Å²) in [6, 6.07) is 21.8. The highest BCUT2D eigenvalue weighted by Gasteiger charge is 2.16. The summed E-state index contributed by atoms with van der Waals surface area (Å²) >= 11 is 5.91. The molecule has 5 nitrogen and oxygen atoms in total. The van der Waals surface area contributed by atoms with Crippen LogP contribution < -0.4 is 10.7 Å². The first-order valence-corrected chi connectivity index (χ1v) is 10.3. The van der Waals surface area contributed by atoms with E-state index in [0.717, 1.165) is 11.3 Å². The number of rotatable bonds is 4. The van der Waals surface area contributed by atoms with Crippen molar-refractivity contribution in [2.75, 3.05) is 6.61 Å². The molecule has 0 fully saturated rings. The average Bonchev–Trinajstić information content (AvgIpc) is 2.83. The van der Waals surface area contributed by atoms with Crippen LogP contribution in [-0.4, -0.2) is 22.2 Å². The number of pyridine rings is 1. The Labute approximate surface area is 189 Å². The van der Waals surface area contributed by atoms with Gasteiger partial charge in [-0.25, -0.2) is 0 Å². The molecule has 0 radical (unpaired) electrons. The van der Waals surface area contributed by atoms with Gasteiger partial charge in [0.15, 0.2) is 0 Å². The zero-order chi connectivity index (χ0) is 22.5. The van der Waals surface area contributed by atoms with E-state index < -0.39 is 5.91 Å². The van der Waals surface area contributed by atoms with Crippen molar-refractivity contribution in [3.8, 4) is 17.5 Å². The molecule has 0 aliphatic carbocycles. The largest absolute Gasteiger partial charge is 0.384 e. The summed E-state index contributed by atoms with van der Waals surface area (Å²) < 4.78 is 1.82. The van der Waals surface area contributed by atoms with Crippen LogP contribution in [0, 0.1) is 11.8 Å². The summed E-state index contributed by atoms with van der Waals surface area (Å²) in [6.45, 7) is -0.0136. The summed E-state index contributed by atoms with van der Waals surface area (Å²) in [6.07, 6.45) is 1.57.